The molecule has 1 amide bonds. The van der Waals surface area contributed by atoms with Crippen LogP contribution in [0.4, 0.5) is 18.9 Å². The van der Waals surface area contributed by atoms with Crippen molar-refractivity contribution in [3.8, 4) is 5.75 Å². The Hall–Kier alpha value is -2.68. The van der Waals surface area contributed by atoms with Gasteiger partial charge in [0.2, 0.25) is 0 Å². The zero-order valence-electron chi connectivity index (χ0n) is 13.6. The molecule has 9 heteroatoms. The van der Waals surface area contributed by atoms with Crippen LogP contribution in [0, 0.1) is 6.92 Å². The van der Waals surface area contributed by atoms with E-state index in [1.807, 2.05) is 0 Å². The number of halogens is 3. The predicted molar refractivity (Wildman–Crippen MR) is 83.5 cm³/mol. The predicted octanol–water partition coefficient (Wildman–Crippen LogP) is 3.08. The van der Waals surface area contributed by atoms with Crippen LogP contribution in [-0.2, 0) is 10.9 Å². The summed E-state index contributed by atoms with van der Waals surface area (Å²) in [6.07, 6.45) is -1.92. The molecule has 6 nitrogen and oxygen atoms in total. The van der Waals surface area contributed by atoms with Gasteiger partial charge in [-0.25, -0.2) is 4.98 Å². The maximum absolute atomic E-state index is 12.9. The summed E-state index contributed by atoms with van der Waals surface area (Å²) in [4.78, 5) is 20.0. The number of anilines is 1. The number of methoxy groups -OCH3 is 1. The largest absolute Gasteiger partial charge is 0.489 e. The van der Waals surface area contributed by atoms with Gasteiger partial charge in [-0.3, -0.25) is 9.78 Å². The topological polar surface area (TPSA) is 73.3 Å². The number of aryl methyl sites for hydroxylation is 1. The van der Waals surface area contributed by atoms with Crippen LogP contribution in [0.25, 0.3) is 0 Å². The van der Waals surface area contributed by atoms with Crippen LogP contribution in [0.5, 0.6) is 5.75 Å². The number of rotatable bonds is 6. The lowest BCUT2D eigenvalue weighted by Crippen LogP contribution is -2.16. The quantitative estimate of drug-likeness (QED) is 0.806. The Labute approximate surface area is 142 Å². The fraction of sp³-hybridized carbons (Fsp3) is 0.312. The molecule has 0 unspecified atom stereocenters. The fourth-order valence-corrected chi connectivity index (χ4v) is 1.86. The van der Waals surface area contributed by atoms with Gasteiger partial charge >= 0.3 is 6.18 Å². The molecule has 25 heavy (non-hydrogen) atoms. The Bertz CT molecular complexity index is 734. The molecule has 0 atom stereocenters. The first kappa shape index (κ1) is 18.7. The van der Waals surface area contributed by atoms with E-state index in [0.717, 1.165) is 18.2 Å². The van der Waals surface area contributed by atoms with Gasteiger partial charge in [-0.15, -0.1) is 0 Å². The van der Waals surface area contributed by atoms with Crippen molar-refractivity contribution in [3.05, 3.63) is 47.5 Å². The molecule has 0 saturated heterocycles. The number of ether oxygens (including phenoxy) is 2. The molecule has 0 aliphatic heterocycles. The fourth-order valence-electron chi connectivity index (χ4n) is 1.86. The molecule has 0 spiro atoms. The highest BCUT2D eigenvalue weighted by molar-refractivity contribution is 6.03. The SMILES string of the molecule is COCCOc1ccc(C(F)(F)F)cc1NC(=O)c1cnc(C)cn1. The van der Waals surface area contributed by atoms with E-state index in [2.05, 4.69) is 15.3 Å². The molecule has 0 aliphatic carbocycles. The first-order valence-corrected chi connectivity index (χ1v) is 7.24. The Balaban J connectivity index is 2.27. The molecule has 0 fully saturated rings. The van der Waals surface area contributed by atoms with E-state index < -0.39 is 17.6 Å². The highest BCUT2D eigenvalue weighted by Gasteiger charge is 2.31. The van der Waals surface area contributed by atoms with Crippen molar-refractivity contribution in [2.45, 2.75) is 13.1 Å². The van der Waals surface area contributed by atoms with Gasteiger partial charge in [0, 0.05) is 13.3 Å². The third kappa shape index (κ3) is 5.15. The lowest BCUT2D eigenvalue weighted by atomic mass is 10.1. The summed E-state index contributed by atoms with van der Waals surface area (Å²) in [7, 11) is 1.47. The minimum absolute atomic E-state index is 0.0224. The first-order chi connectivity index (χ1) is 11.8. The number of carbonyl (C=O) groups is 1. The van der Waals surface area contributed by atoms with Gasteiger partial charge in [0.25, 0.3) is 5.91 Å². The van der Waals surface area contributed by atoms with Crippen molar-refractivity contribution in [2.75, 3.05) is 25.6 Å². The van der Waals surface area contributed by atoms with Gasteiger partial charge in [-0.2, -0.15) is 13.2 Å². The maximum Gasteiger partial charge on any atom is 0.416 e. The molecule has 134 valence electrons. The third-order valence-corrected chi connectivity index (χ3v) is 3.11. The van der Waals surface area contributed by atoms with Crippen molar-refractivity contribution in [1.29, 1.82) is 0 Å². The van der Waals surface area contributed by atoms with E-state index in [1.165, 1.54) is 19.5 Å². The van der Waals surface area contributed by atoms with Crippen molar-refractivity contribution >= 4 is 11.6 Å². The van der Waals surface area contributed by atoms with Crippen LogP contribution in [0.2, 0.25) is 0 Å². The lowest BCUT2D eigenvalue weighted by Gasteiger charge is -2.15. The second kappa shape index (κ2) is 7.93. The molecule has 1 heterocycles. The van der Waals surface area contributed by atoms with Crippen molar-refractivity contribution < 1.29 is 27.4 Å². The number of nitrogens with zero attached hydrogens (tertiary/aromatic N) is 2. The summed E-state index contributed by atoms with van der Waals surface area (Å²) in [6.45, 7) is 2.07. The molecule has 0 saturated carbocycles. The normalized spacial score (nSPS) is 11.2. The molecule has 0 aliphatic rings. The van der Waals surface area contributed by atoms with Crippen LogP contribution in [0.1, 0.15) is 21.7 Å². The average molecular weight is 355 g/mol. The summed E-state index contributed by atoms with van der Waals surface area (Å²) in [5, 5.41) is 2.38. The number of amides is 1. The second-order valence-electron chi connectivity index (χ2n) is 5.05. The molecular weight excluding hydrogens is 339 g/mol. The van der Waals surface area contributed by atoms with Crippen molar-refractivity contribution in [1.82, 2.24) is 9.97 Å². The van der Waals surface area contributed by atoms with Gasteiger partial charge in [0.05, 0.1) is 29.7 Å². The summed E-state index contributed by atoms with van der Waals surface area (Å²) in [5.74, 6) is -0.595. The standard InChI is InChI=1S/C16H16F3N3O3/c1-10-8-21-13(9-20-10)15(23)22-12-7-11(16(17,18)19)3-4-14(12)25-6-5-24-2/h3-4,7-9H,5-6H2,1-2H3,(H,22,23). The van der Waals surface area contributed by atoms with Gasteiger partial charge in [0.1, 0.15) is 18.1 Å². The Morgan fingerprint density at radius 3 is 2.56 bits per heavy atom. The summed E-state index contributed by atoms with van der Waals surface area (Å²) in [6, 6.07) is 2.83. The zero-order chi connectivity index (χ0) is 18.4. The number of alkyl halides is 3. The van der Waals surface area contributed by atoms with E-state index in [-0.39, 0.29) is 30.3 Å². The van der Waals surface area contributed by atoms with E-state index in [0.29, 0.717) is 5.69 Å². The zero-order valence-corrected chi connectivity index (χ0v) is 13.6. The third-order valence-electron chi connectivity index (χ3n) is 3.11. The number of carbonyl (C=O) groups excluding carboxylic acids is 1. The second-order valence-corrected chi connectivity index (χ2v) is 5.05. The molecule has 0 bridgehead atoms. The number of nitrogens with one attached hydrogen (secondary N) is 1. The van der Waals surface area contributed by atoms with Gasteiger partial charge in [-0.05, 0) is 25.1 Å². The van der Waals surface area contributed by atoms with Crippen molar-refractivity contribution in [3.63, 3.8) is 0 Å². The maximum atomic E-state index is 12.9. The van der Waals surface area contributed by atoms with Crippen LogP contribution in [0.3, 0.4) is 0 Å². The summed E-state index contributed by atoms with van der Waals surface area (Å²) < 4.78 is 48.9. The van der Waals surface area contributed by atoms with Crippen LogP contribution in [-0.4, -0.2) is 36.2 Å². The highest BCUT2D eigenvalue weighted by Crippen LogP contribution is 2.35. The monoisotopic (exact) mass is 355 g/mol. The minimum atomic E-state index is -4.55. The molecule has 2 aromatic rings. The number of benzene rings is 1. The van der Waals surface area contributed by atoms with Gasteiger partial charge < -0.3 is 14.8 Å². The van der Waals surface area contributed by atoms with Crippen LogP contribution in [0.15, 0.2) is 30.6 Å². The minimum Gasteiger partial charge on any atom is -0.489 e. The molecule has 2 rings (SSSR count). The Morgan fingerprint density at radius 2 is 1.96 bits per heavy atom. The Kier molecular flexibility index (Phi) is 5.92. The molecule has 0 radical (unpaired) electrons. The van der Waals surface area contributed by atoms with E-state index in [1.54, 1.807) is 6.92 Å². The van der Waals surface area contributed by atoms with Gasteiger partial charge in [0.15, 0.2) is 0 Å². The van der Waals surface area contributed by atoms with E-state index in [9.17, 15) is 18.0 Å². The van der Waals surface area contributed by atoms with E-state index >= 15 is 0 Å². The summed E-state index contributed by atoms with van der Waals surface area (Å²) >= 11 is 0. The first-order valence-electron chi connectivity index (χ1n) is 7.24. The number of aromatic nitrogens is 2. The van der Waals surface area contributed by atoms with Crippen LogP contribution < -0.4 is 10.1 Å². The average Bonchev–Trinajstić information content (AvgIpc) is 2.56. The lowest BCUT2D eigenvalue weighted by molar-refractivity contribution is -0.137. The van der Waals surface area contributed by atoms with Crippen molar-refractivity contribution in [2.24, 2.45) is 0 Å². The Morgan fingerprint density at radius 1 is 1.20 bits per heavy atom. The molecule has 1 N–H and O–H groups in total. The van der Waals surface area contributed by atoms with Gasteiger partial charge in [-0.1, -0.05) is 0 Å². The molecular formula is C16H16F3N3O3. The van der Waals surface area contributed by atoms with Crippen LogP contribution >= 0.6 is 0 Å². The smallest absolute Gasteiger partial charge is 0.416 e. The molecule has 1 aromatic heterocycles. The number of hydrogen-bond donors (Lipinski definition) is 1. The molecule has 1 aromatic carbocycles. The van der Waals surface area contributed by atoms with E-state index in [4.69, 9.17) is 9.47 Å². The summed E-state index contributed by atoms with van der Waals surface area (Å²) in [5.41, 5.74) is -0.430. The highest BCUT2D eigenvalue weighted by atomic mass is 19.4. The number of hydrogen-bond acceptors (Lipinski definition) is 5.